The Morgan fingerprint density at radius 3 is 2.39 bits per heavy atom. The molecule has 2 aromatic rings. The smallest absolute Gasteiger partial charge is 0.308 e. The van der Waals surface area contributed by atoms with E-state index >= 15 is 0 Å². The minimum Gasteiger partial charge on any atom is -0.492 e. The number of carbonyl (C=O) groups excluding carboxylic acids is 2. The summed E-state index contributed by atoms with van der Waals surface area (Å²) >= 11 is 1.36. The number of nitrogens with one attached hydrogen (secondary N) is 1. The molecule has 1 aliphatic carbocycles. The van der Waals surface area contributed by atoms with Gasteiger partial charge >= 0.3 is 5.97 Å². The number of methoxy groups -OCH3 is 2. The molecule has 0 saturated heterocycles. The van der Waals surface area contributed by atoms with Crippen LogP contribution in [0.3, 0.4) is 0 Å². The number of amides is 1. The Bertz CT molecular complexity index is 1100. The highest BCUT2D eigenvalue weighted by molar-refractivity contribution is 7.98. The van der Waals surface area contributed by atoms with Crippen molar-refractivity contribution in [2.24, 2.45) is 0 Å². The molecule has 2 aromatic carbocycles. The van der Waals surface area contributed by atoms with E-state index < -0.39 is 5.97 Å². The van der Waals surface area contributed by atoms with Crippen LogP contribution >= 0.6 is 11.8 Å². The van der Waals surface area contributed by atoms with Crippen LogP contribution in [-0.2, 0) is 16.0 Å². The summed E-state index contributed by atoms with van der Waals surface area (Å²) in [5.74, 6) is 0.304. The van der Waals surface area contributed by atoms with Crippen molar-refractivity contribution in [2.75, 3.05) is 20.5 Å². The van der Waals surface area contributed by atoms with Gasteiger partial charge in [0.05, 0.1) is 25.2 Å². The minimum atomic E-state index is -0.475. The number of hydrogen-bond donors (Lipinski definition) is 1. The maximum Gasteiger partial charge on any atom is 0.308 e. The predicted octanol–water partition coefficient (Wildman–Crippen LogP) is 3.50. The van der Waals surface area contributed by atoms with Gasteiger partial charge in [0, 0.05) is 19.4 Å². The Hall–Kier alpha value is -3.00. The van der Waals surface area contributed by atoms with E-state index in [1.807, 2.05) is 12.3 Å². The first-order valence-electron chi connectivity index (χ1n) is 9.76. The first-order chi connectivity index (χ1) is 14.8. The van der Waals surface area contributed by atoms with E-state index in [0.29, 0.717) is 34.8 Å². The van der Waals surface area contributed by atoms with Gasteiger partial charge in [-0.15, -0.1) is 11.8 Å². The monoisotopic (exact) mass is 443 g/mol. The lowest BCUT2D eigenvalue weighted by Gasteiger charge is -2.19. The molecular formula is C23H25NO6S. The van der Waals surface area contributed by atoms with Crippen LogP contribution in [0.15, 0.2) is 34.0 Å². The van der Waals surface area contributed by atoms with Crippen LogP contribution in [0.1, 0.15) is 37.4 Å². The molecule has 0 aliphatic heterocycles. The number of aryl methyl sites for hydroxylation is 1. The third kappa shape index (κ3) is 4.54. The normalized spacial score (nSPS) is 14.5. The first kappa shape index (κ1) is 22.7. The van der Waals surface area contributed by atoms with Crippen LogP contribution in [0.2, 0.25) is 0 Å². The van der Waals surface area contributed by atoms with Crippen LogP contribution in [0.4, 0.5) is 0 Å². The lowest BCUT2D eigenvalue weighted by molar-refractivity contribution is -0.132. The molecule has 1 N–H and O–H groups in total. The summed E-state index contributed by atoms with van der Waals surface area (Å²) in [5, 5.41) is 2.96. The minimum absolute atomic E-state index is 0.116. The van der Waals surface area contributed by atoms with Crippen molar-refractivity contribution >= 4 is 23.6 Å². The SMILES string of the molecule is COc1c(OC(C)=O)cc2c(c1OC)-c1ccc(SC)c(=O)cc1C(NC(C)=O)CC2. The topological polar surface area (TPSA) is 90.9 Å². The fourth-order valence-corrected chi connectivity index (χ4v) is 4.41. The molecule has 1 atom stereocenters. The molecule has 0 saturated carbocycles. The molecule has 31 heavy (non-hydrogen) atoms. The van der Waals surface area contributed by atoms with Crippen LogP contribution in [0.5, 0.6) is 17.2 Å². The second-order valence-electron chi connectivity index (χ2n) is 7.14. The van der Waals surface area contributed by atoms with Gasteiger partial charge < -0.3 is 19.5 Å². The maximum atomic E-state index is 12.8. The molecule has 1 unspecified atom stereocenters. The van der Waals surface area contributed by atoms with E-state index in [-0.39, 0.29) is 23.1 Å². The zero-order chi connectivity index (χ0) is 22.7. The largest absolute Gasteiger partial charge is 0.492 e. The number of benzene rings is 1. The van der Waals surface area contributed by atoms with Crippen LogP contribution < -0.4 is 25.0 Å². The molecule has 0 spiro atoms. The lowest BCUT2D eigenvalue weighted by atomic mass is 9.95. The predicted molar refractivity (Wildman–Crippen MR) is 119 cm³/mol. The van der Waals surface area contributed by atoms with Crippen molar-refractivity contribution in [3.8, 4) is 28.4 Å². The maximum absolute atomic E-state index is 12.8. The van der Waals surface area contributed by atoms with E-state index in [2.05, 4.69) is 5.32 Å². The van der Waals surface area contributed by atoms with E-state index in [4.69, 9.17) is 14.2 Å². The van der Waals surface area contributed by atoms with Gasteiger partial charge in [-0.2, -0.15) is 0 Å². The average molecular weight is 444 g/mol. The van der Waals surface area contributed by atoms with Gasteiger partial charge in [0.2, 0.25) is 11.7 Å². The van der Waals surface area contributed by atoms with Gasteiger partial charge in [-0.05, 0) is 54.0 Å². The number of thioether (sulfide) groups is 1. The van der Waals surface area contributed by atoms with Crippen molar-refractivity contribution in [1.82, 2.24) is 5.32 Å². The molecule has 0 aromatic heterocycles. The highest BCUT2D eigenvalue weighted by Crippen LogP contribution is 2.50. The van der Waals surface area contributed by atoms with Gasteiger partial charge in [-0.1, -0.05) is 6.07 Å². The molecule has 1 aliphatic rings. The highest BCUT2D eigenvalue weighted by atomic mass is 32.2. The molecule has 8 heteroatoms. The molecule has 0 heterocycles. The van der Waals surface area contributed by atoms with E-state index in [1.54, 1.807) is 18.2 Å². The molecule has 0 bridgehead atoms. The summed E-state index contributed by atoms with van der Waals surface area (Å²) in [5.41, 5.74) is 2.97. The van der Waals surface area contributed by atoms with Crippen molar-refractivity contribution in [3.05, 3.63) is 45.6 Å². The Balaban J connectivity index is 2.40. The molecule has 164 valence electrons. The van der Waals surface area contributed by atoms with Gasteiger partial charge in [0.1, 0.15) is 0 Å². The second kappa shape index (κ2) is 9.43. The van der Waals surface area contributed by atoms with E-state index in [9.17, 15) is 14.4 Å². The quantitative estimate of drug-likeness (QED) is 0.430. The third-order valence-electron chi connectivity index (χ3n) is 5.13. The molecule has 0 radical (unpaired) electrons. The summed E-state index contributed by atoms with van der Waals surface area (Å²) in [4.78, 5) is 36.9. The fourth-order valence-electron chi connectivity index (χ4n) is 3.94. The number of hydrogen-bond acceptors (Lipinski definition) is 7. The van der Waals surface area contributed by atoms with Gasteiger partial charge in [0.15, 0.2) is 16.9 Å². The van der Waals surface area contributed by atoms with E-state index in [0.717, 1.165) is 16.7 Å². The number of rotatable bonds is 5. The average Bonchev–Trinajstić information content (AvgIpc) is 2.95. The van der Waals surface area contributed by atoms with Crippen LogP contribution in [-0.4, -0.2) is 32.4 Å². The van der Waals surface area contributed by atoms with Crippen molar-refractivity contribution in [2.45, 2.75) is 37.6 Å². The Labute approximate surface area is 185 Å². The van der Waals surface area contributed by atoms with Crippen LogP contribution in [0, 0.1) is 0 Å². The van der Waals surface area contributed by atoms with E-state index in [1.165, 1.54) is 39.8 Å². The lowest BCUT2D eigenvalue weighted by Crippen LogP contribution is -2.26. The van der Waals surface area contributed by atoms with Crippen molar-refractivity contribution < 1.29 is 23.8 Å². The summed E-state index contributed by atoms with van der Waals surface area (Å²) in [6, 6.07) is 6.64. The zero-order valence-corrected chi connectivity index (χ0v) is 19.0. The molecule has 7 nitrogen and oxygen atoms in total. The first-order valence-corrected chi connectivity index (χ1v) is 11.0. The summed E-state index contributed by atoms with van der Waals surface area (Å²) in [7, 11) is 2.99. The summed E-state index contributed by atoms with van der Waals surface area (Å²) in [6.07, 6.45) is 2.97. The molecular weight excluding hydrogens is 418 g/mol. The molecule has 0 fully saturated rings. The Morgan fingerprint density at radius 2 is 1.81 bits per heavy atom. The summed E-state index contributed by atoms with van der Waals surface area (Å²) in [6.45, 7) is 2.77. The summed E-state index contributed by atoms with van der Waals surface area (Å²) < 4.78 is 16.6. The number of ether oxygens (including phenoxy) is 3. The third-order valence-corrected chi connectivity index (χ3v) is 5.91. The standard InChI is InChI=1S/C23H25NO6S/c1-12(25)24-17-8-6-14-10-19(30-13(2)26)22(28-3)23(29-4)21(14)15-7-9-20(31-5)18(27)11-16(15)17/h7,9-11,17H,6,8H2,1-5H3,(H,24,25). The van der Waals surface area contributed by atoms with Gasteiger partial charge in [-0.25, -0.2) is 0 Å². The fraction of sp³-hybridized carbons (Fsp3) is 0.348. The highest BCUT2D eigenvalue weighted by Gasteiger charge is 2.29. The van der Waals surface area contributed by atoms with Gasteiger partial charge in [-0.3, -0.25) is 14.4 Å². The van der Waals surface area contributed by atoms with Gasteiger partial charge in [0.25, 0.3) is 0 Å². The van der Waals surface area contributed by atoms with Crippen molar-refractivity contribution in [3.63, 3.8) is 0 Å². The zero-order valence-electron chi connectivity index (χ0n) is 18.2. The molecule has 1 amide bonds. The second-order valence-corrected chi connectivity index (χ2v) is 7.99. The number of fused-ring (bicyclic) bond motifs is 3. The number of carbonyl (C=O) groups is 2. The van der Waals surface area contributed by atoms with Crippen LogP contribution in [0.25, 0.3) is 11.1 Å². The number of esters is 1. The Kier molecular flexibility index (Phi) is 6.90. The Morgan fingerprint density at radius 1 is 1.10 bits per heavy atom. The molecule has 3 rings (SSSR count). The van der Waals surface area contributed by atoms with Crippen molar-refractivity contribution in [1.29, 1.82) is 0 Å².